The smallest absolute Gasteiger partial charge is 0.248 e. The Labute approximate surface area is 148 Å². The lowest BCUT2D eigenvalue weighted by Gasteiger charge is -2.04. The Bertz CT molecular complexity index is 1050. The number of benzene rings is 2. The second kappa shape index (κ2) is 5.56. The molecule has 2 heterocycles. The molecule has 6 nitrogen and oxygen atoms in total. The van der Waals surface area contributed by atoms with Crippen LogP contribution in [-0.2, 0) is 12.8 Å². The molecule has 0 aliphatic heterocycles. The van der Waals surface area contributed by atoms with Crippen molar-refractivity contribution in [1.29, 1.82) is 0 Å². The Morgan fingerprint density at radius 2 is 1.92 bits per heavy atom. The summed E-state index contributed by atoms with van der Waals surface area (Å²) in [6.45, 7) is 0. The fraction of sp³-hybridized carbons (Fsp3) is 0.167. The number of anilines is 3. The highest BCUT2D eigenvalue weighted by molar-refractivity contribution is 7.20. The number of nitrogens with two attached hydrogens (primary N) is 1. The van der Waals surface area contributed by atoms with Crippen LogP contribution in [-0.4, -0.2) is 19.7 Å². The molecule has 1 aliphatic carbocycles. The molecular weight excluding hydrogens is 332 g/mol. The van der Waals surface area contributed by atoms with Crippen LogP contribution in [0.4, 0.5) is 17.6 Å². The van der Waals surface area contributed by atoms with Crippen molar-refractivity contribution >= 4 is 39.1 Å². The quantitative estimate of drug-likeness (QED) is 0.590. The van der Waals surface area contributed by atoms with Crippen LogP contribution < -0.4 is 11.1 Å². The van der Waals surface area contributed by atoms with Crippen molar-refractivity contribution in [3.8, 4) is 5.13 Å². The first-order chi connectivity index (χ1) is 12.3. The molecule has 7 heteroatoms. The number of fused-ring (bicyclic) bond motifs is 2. The summed E-state index contributed by atoms with van der Waals surface area (Å²) in [7, 11) is 0. The molecule has 0 unspecified atom stereocenters. The molecule has 124 valence electrons. The predicted octanol–water partition coefficient (Wildman–Crippen LogP) is 3.69. The Kier molecular flexibility index (Phi) is 3.21. The molecule has 2 aromatic heterocycles. The van der Waals surface area contributed by atoms with Crippen molar-refractivity contribution in [2.45, 2.75) is 19.3 Å². The average Bonchev–Trinajstić information content (AvgIpc) is 3.31. The van der Waals surface area contributed by atoms with Gasteiger partial charge in [-0.1, -0.05) is 29.5 Å². The highest BCUT2D eigenvalue weighted by Crippen LogP contribution is 2.28. The fourth-order valence-corrected chi connectivity index (χ4v) is 4.17. The second-order valence-corrected chi connectivity index (χ2v) is 7.14. The molecule has 4 aromatic rings. The number of rotatable bonds is 3. The van der Waals surface area contributed by atoms with E-state index in [4.69, 9.17) is 5.73 Å². The van der Waals surface area contributed by atoms with Gasteiger partial charge in [-0.15, -0.1) is 5.10 Å². The molecule has 0 fully saturated rings. The van der Waals surface area contributed by atoms with Gasteiger partial charge in [0.2, 0.25) is 17.0 Å². The maximum atomic E-state index is 6.06. The Morgan fingerprint density at radius 1 is 1.04 bits per heavy atom. The van der Waals surface area contributed by atoms with Crippen LogP contribution in [0.3, 0.4) is 0 Å². The molecule has 0 saturated carbocycles. The van der Waals surface area contributed by atoms with Gasteiger partial charge in [-0.25, -0.2) is 4.98 Å². The number of aryl methyl sites for hydroxylation is 2. The number of nitrogens with zero attached hydrogens (tertiary/aromatic N) is 4. The van der Waals surface area contributed by atoms with E-state index < -0.39 is 0 Å². The molecule has 1 aliphatic rings. The van der Waals surface area contributed by atoms with E-state index in [1.165, 1.54) is 24.0 Å². The number of nitrogens with one attached hydrogen (secondary N) is 1. The average molecular weight is 348 g/mol. The number of aromatic nitrogens is 4. The van der Waals surface area contributed by atoms with Gasteiger partial charge >= 0.3 is 0 Å². The van der Waals surface area contributed by atoms with Gasteiger partial charge in [0.25, 0.3) is 0 Å². The van der Waals surface area contributed by atoms with Crippen LogP contribution in [0.2, 0.25) is 0 Å². The standard InChI is InChI=1S/C18H16N6S/c19-16-22-17(20-13-9-8-11-4-3-5-12(11)10-13)23-24(16)18-21-14-6-1-2-7-15(14)25-18/h1-2,6-10H,3-5H2,(H3,19,20,22,23). The van der Waals surface area contributed by atoms with E-state index in [0.29, 0.717) is 17.0 Å². The van der Waals surface area contributed by atoms with Crippen molar-refractivity contribution in [2.24, 2.45) is 0 Å². The van der Waals surface area contributed by atoms with Crippen LogP contribution in [0.25, 0.3) is 15.3 Å². The van der Waals surface area contributed by atoms with Gasteiger partial charge in [-0.3, -0.25) is 0 Å². The summed E-state index contributed by atoms with van der Waals surface area (Å²) in [6.07, 6.45) is 3.55. The minimum Gasteiger partial charge on any atom is -0.368 e. The van der Waals surface area contributed by atoms with E-state index in [1.807, 2.05) is 24.3 Å². The maximum Gasteiger partial charge on any atom is 0.248 e. The highest BCUT2D eigenvalue weighted by atomic mass is 32.1. The van der Waals surface area contributed by atoms with Crippen LogP contribution in [0.5, 0.6) is 0 Å². The third-order valence-corrected chi connectivity index (χ3v) is 5.46. The number of para-hydroxylation sites is 1. The third-order valence-electron chi connectivity index (χ3n) is 4.45. The number of hydrogen-bond acceptors (Lipinski definition) is 6. The summed E-state index contributed by atoms with van der Waals surface area (Å²) in [5, 5.41) is 8.45. The van der Waals surface area contributed by atoms with Gasteiger partial charge in [0.15, 0.2) is 0 Å². The van der Waals surface area contributed by atoms with E-state index in [9.17, 15) is 0 Å². The third kappa shape index (κ3) is 2.53. The number of hydrogen-bond donors (Lipinski definition) is 2. The van der Waals surface area contributed by atoms with Crippen molar-refractivity contribution in [1.82, 2.24) is 19.7 Å². The van der Waals surface area contributed by atoms with Gasteiger partial charge in [0.1, 0.15) is 0 Å². The van der Waals surface area contributed by atoms with Crippen molar-refractivity contribution in [3.05, 3.63) is 53.6 Å². The summed E-state index contributed by atoms with van der Waals surface area (Å²) in [4.78, 5) is 8.91. The molecule has 0 amide bonds. The Balaban J connectivity index is 1.47. The zero-order valence-corrected chi connectivity index (χ0v) is 14.3. The van der Waals surface area contributed by atoms with E-state index in [1.54, 1.807) is 16.0 Å². The SMILES string of the molecule is Nc1nc(Nc2ccc3c(c2)CCC3)nn1-c1nc2ccccc2s1. The molecule has 3 N–H and O–H groups in total. The highest BCUT2D eigenvalue weighted by Gasteiger charge is 2.15. The Hall–Kier alpha value is -2.93. The molecule has 25 heavy (non-hydrogen) atoms. The van der Waals surface area contributed by atoms with Gasteiger partial charge < -0.3 is 11.1 Å². The van der Waals surface area contributed by atoms with Gasteiger partial charge in [-0.05, 0) is 54.7 Å². The summed E-state index contributed by atoms with van der Waals surface area (Å²) >= 11 is 1.54. The minimum atomic E-state index is 0.322. The first kappa shape index (κ1) is 14.4. The zero-order chi connectivity index (χ0) is 16.8. The number of thiazole rings is 1. The van der Waals surface area contributed by atoms with Crippen molar-refractivity contribution < 1.29 is 0 Å². The molecule has 0 saturated heterocycles. The van der Waals surface area contributed by atoms with Crippen LogP contribution >= 0.6 is 11.3 Å². The summed E-state index contributed by atoms with van der Waals surface area (Å²) < 4.78 is 2.68. The molecule has 0 atom stereocenters. The van der Waals surface area contributed by atoms with E-state index in [0.717, 1.165) is 22.3 Å². The second-order valence-electron chi connectivity index (χ2n) is 6.13. The molecular formula is C18H16N6S. The molecule has 5 rings (SSSR count). The normalized spacial score (nSPS) is 13.3. The maximum absolute atomic E-state index is 6.06. The first-order valence-corrected chi connectivity index (χ1v) is 9.05. The number of nitrogen functional groups attached to an aromatic ring is 1. The monoisotopic (exact) mass is 348 g/mol. The van der Waals surface area contributed by atoms with Crippen LogP contribution in [0.15, 0.2) is 42.5 Å². The van der Waals surface area contributed by atoms with Crippen LogP contribution in [0, 0.1) is 0 Å². The zero-order valence-electron chi connectivity index (χ0n) is 13.4. The topological polar surface area (TPSA) is 81.6 Å². The Morgan fingerprint density at radius 3 is 2.84 bits per heavy atom. The van der Waals surface area contributed by atoms with Gasteiger partial charge in [-0.2, -0.15) is 9.67 Å². The lowest BCUT2D eigenvalue weighted by molar-refractivity contribution is 0.886. The van der Waals surface area contributed by atoms with Crippen molar-refractivity contribution in [2.75, 3.05) is 11.1 Å². The van der Waals surface area contributed by atoms with E-state index >= 15 is 0 Å². The fourth-order valence-electron chi connectivity index (χ4n) is 3.25. The molecule has 0 spiro atoms. The van der Waals surface area contributed by atoms with Crippen molar-refractivity contribution in [3.63, 3.8) is 0 Å². The van der Waals surface area contributed by atoms with E-state index in [-0.39, 0.29) is 0 Å². The van der Waals surface area contributed by atoms with Crippen LogP contribution in [0.1, 0.15) is 17.5 Å². The summed E-state index contributed by atoms with van der Waals surface area (Å²) in [5.74, 6) is 0.803. The largest absolute Gasteiger partial charge is 0.368 e. The summed E-state index contributed by atoms with van der Waals surface area (Å²) in [6, 6.07) is 14.4. The van der Waals surface area contributed by atoms with Gasteiger partial charge in [0, 0.05) is 5.69 Å². The predicted molar refractivity (Wildman–Crippen MR) is 101 cm³/mol. The lowest BCUT2D eigenvalue weighted by atomic mass is 10.1. The van der Waals surface area contributed by atoms with Gasteiger partial charge in [0.05, 0.1) is 10.2 Å². The summed E-state index contributed by atoms with van der Waals surface area (Å²) in [5.41, 5.74) is 10.8. The molecule has 0 bridgehead atoms. The van der Waals surface area contributed by atoms with E-state index in [2.05, 4.69) is 38.6 Å². The lowest BCUT2D eigenvalue weighted by Crippen LogP contribution is -2.01. The minimum absolute atomic E-state index is 0.322. The molecule has 2 aromatic carbocycles. The first-order valence-electron chi connectivity index (χ1n) is 8.23. The molecule has 0 radical (unpaired) electrons.